The van der Waals surface area contributed by atoms with Gasteiger partial charge in [0.2, 0.25) is 0 Å². The number of thiophene rings is 1. The van der Waals surface area contributed by atoms with Crippen LogP contribution in [0, 0.1) is 11.3 Å². The Hall–Kier alpha value is -1.56. The number of urea groups is 1. The van der Waals surface area contributed by atoms with Crippen molar-refractivity contribution in [1.82, 2.24) is 10.2 Å². The van der Waals surface area contributed by atoms with Gasteiger partial charge in [0, 0.05) is 24.5 Å². The molecule has 122 valence electrons. The molecule has 1 aliphatic heterocycles. The molecular weight excluding hydrogens is 300 g/mol. The fourth-order valence-electron chi connectivity index (χ4n) is 2.77. The maximum absolute atomic E-state index is 12.2. The summed E-state index contributed by atoms with van der Waals surface area (Å²) in [6.45, 7) is 5.64. The molecule has 0 bridgehead atoms. The number of hydrogen-bond acceptors (Lipinski definition) is 4. The maximum Gasteiger partial charge on any atom is 0.317 e. The van der Waals surface area contributed by atoms with Crippen LogP contribution in [0.15, 0.2) is 17.5 Å². The minimum atomic E-state index is -0.575. The van der Waals surface area contributed by atoms with Crippen LogP contribution in [0.1, 0.15) is 25.1 Å². The van der Waals surface area contributed by atoms with Gasteiger partial charge in [0.05, 0.1) is 12.5 Å². The first-order chi connectivity index (χ1) is 10.4. The van der Waals surface area contributed by atoms with Crippen molar-refractivity contribution in [1.29, 1.82) is 0 Å². The van der Waals surface area contributed by atoms with Gasteiger partial charge >= 0.3 is 12.0 Å². The fraction of sp³-hybridized carbons (Fsp3) is 0.625. The SMILES string of the molecule is COC(=O)[C@@]1(C)CCN(C(=O)NC[C@H](C)Cc2cccs2)C1. The number of carbonyl (C=O) groups excluding carboxylic acids is 2. The van der Waals surface area contributed by atoms with Crippen molar-refractivity contribution in [2.24, 2.45) is 11.3 Å². The second-order valence-corrected chi connectivity index (χ2v) is 7.33. The second kappa shape index (κ2) is 7.13. The Labute approximate surface area is 135 Å². The first-order valence-corrected chi connectivity index (χ1v) is 8.46. The summed E-state index contributed by atoms with van der Waals surface area (Å²) in [5, 5.41) is 5.04. The zero-order valence-corrected chi connectivity index (χ0v) is 14.2. The number of methoxy groups -OCH3 is 1. The number of likely N-dealkylation sites (tertiary alicyclic amines) is 1. The molecule has 2 heterocycles. The molecule has 0 saturated carbocycles. The molecule has 1 N–H and O–H groups in total. The molecule has 5 nitrogen and oxygen atoms in total. The highest BCUT2D eigenvalue weighted by molar-refractivity contribution is 7.09. The number of carbonyl (C=O) groups is 2. The molecule has 2 rings (SSSR count). The summed E-state index contributed by atoms with van der Waals surface area (Å²) < 4.78 is 4.83. The van der Waals surface area contributed by atoms with Crippen molar-refractivity contribution in [2.75, 3.05) is 26.7 Å². The highest BCUT2D eigenvalue weighted by Crippen LogP contribution is 2.31. The molecule has 2 atom stereocenters. The molecule has 1 aromatic heterocycles. The number of esters is 1. The molecule has 22 heavy (non-hydrogen) atoms. The first kappa shape index (κ1) is 16.8. The largest absolute Gasteiger partial charge is 0.469 e. The number of amides is 2. The second-order valence-electron chi connectivity index (χ2n) is 6.30. The Morgan fingerprint density at radius 2 is 2.32 bits per heavy atom. The Balaban J connectivity index is 1.77. The van der Waals surface area contributed by atoms with Crippen LogP contribution in [0.25, 0.3) is 0 Å². The van der Waals surface area contributed by atoms with Gasteiger partial charge in [-0.1, -0.05) is 13.0 Å². The van der Waals surface area contributed by atoms with Crippen molar-refractivity contribution >= 4 is 23.3 Å². The van der Waals surface area contributed by atoms with E-state index in [2.05, 4.69) is 23.7 Å². The lowest BCUT2D eigenvalue weighted by Crippen LogP contribution is -2.42. The molecule has 1 saturated heterocycles. The van der Waals surface area contributed by atoms with Gasteiger partial charge in [-0.05, 0) is 37.1 Å². The van der Waals surface area contributed by atoms with Crippen LogP contribution in [0.2, 0.25) is 0 Å². The zero-order chi connectivity index (χ0) is 16.2. The molecule has 6 heteroatoms. The Bertz CT molecular complexity index is 517. The number of nitrogens with zero attached hydrogens (tertiary/aromatic N) is 1. The lowest BCUT2D eigenvalue weighted by Gasteiger charge is -2.22. The van der Waals surface area contributed by atoms with Crippen molar-refractivity contribution < 1.29 is 14.3 Å². The molecular formula is C16H24N2O3S. The van der Waals surface area contributed by atoms with Crippen LogP contribution < -0.4 is 5.32 Å². The lowest BCUT2D eigenvalue weighted by molar-refractivity contribution is -0.150. The van der Waals surface area contributed by atoms with Crippen LogP contribution in [-0.4, -0.2) is 43.6 Å². The molecule has 1 fully saturated rings. The van der Waals surface area contributed by atoms with E-state index in [-0.39, 0.29) is 12.0 Å². The summed E-state index contributed by atoms with van der Waals surface area (Å²) in [7, 11) is 1.39. The van der Waals surface area contributed by atoms with E-state index in [1.807, 2.05) is 13.0 Å². The van der Waals surface area contributed by atoms with Gasteiger partial charge in [0.1, 0.15) is 0 Å². The molecule has 1 aliphatic rings. The summed E-state index contributed by atoms with van der Waals surface area (Å²) >= 11 is 1.74. The Morgan fingerprint density at radius 3 is 2.95 bits per heavy atom. The third-order valence-electron chi connectivity index (χ3n) is 4.17. The highest BCUT2D eigenvalue weighted by Gasteiger charge is 2.42. The van der Waals surface area contributed by atoms with Gasteiger partial charge in [-0.15, -0.1) is 11.3 Å². The van der Waals surface area contributed by atoms with Crippen molar-refractivity contribution in [2.45, 2.75) is 26.7 Å². The minimum Gasteiger partial charge on any atom is -0.469 e. The summed E-state index contributed by atoms with van der Waals surface area (Å²) in [6.07, 6.45) is 1.62. The van der Waals surface area contributed by atoms with E-state index in [1.165, 1.54) is 12.0 Å². The monoisotopic (exact) mass is 324 g/mol. The lowest BCUT2D eigenvalue weighted by atomic mass is 9.90. The van der Waals surface area contributed by atoms with Gasteiger partial charge in [-0.2, -0.15) is 0 Å². The van der Waals surface area contributed by atoms with E-state index in [0.717, 1.165) is 6.42 Å². The van der Waals surface area contributed by atoms with E-state index in [4.69, 9.17) is 4.74 Å². The summed E-state index contributed by atoms with van der Waals surface area (Å²) in [5.74, 6) is 0.144. The van der Waals surface area contributed by atoms with Crippen LogP contribution >= 0.6 is 11.3 Å². The fourth-order valence-corrected chi connectivity index (χ4v) is 3.63. The first-order valence-electron chi connectivity index (χ1n) is 7.58. The normalized spacial score (nSPS) is 22.4. The zero-order valence-electron chi connectivity index (χ0n) is 13.4. The predicted octanol–water partition coefficient (Wildman–Crippen LogP) is 2.52. The smallest absolute Gasteiger partial charge is 0.317 e. The van der Waals surface area contributed by atoms with Crippen molar-refractivity contribution in [3.05, 3.63) is 22.4 Å². The van der Waals surface area contributed by atoms with E-state index >= 15 is 0 Å². The number of ether oxygens (including phenoxy) is 1. The average molecular weight is 324 g/mol. The maximum atomic E-state index is 12.2. The number of hydrogen-bond donors (Lipinski definition) is 1. The molecule has 0 unspecified atom stereocenters. The van der Waals surface area contributed by atoms with E-state index in [9.17, 15) is 9.59 Å². The molecule has 1 aromatic rings. The van der Waals surface area contributed by atoms with Gasteiger partial charge < -0.3 is 15.0 Å². The third-order valence-corrected chi connectivity index (χ3v) is 5.07. The van der Waals surface area contributed by atoms with Gasteiger partial charge in [-0.25, -0.2) is 4.79 Å². The molecule has 0 aliphatic carbocycles. The van der Waals surface area contributed by atoms with Crippen LogP contribution in [0.5, 0.6) is 0 Å². The Morgan fingerprint density at radius 1 is 1.55 bits per heavy atom. The van der Waals surface area contributed by atoms with E-state index in [1.54, 1.807) is 16.2 Å². The number of nitrogens with one attached hydrogen (secondary N) is 1. The third kappa shape index (κ3) is 4.00. The van der Waals surface area contributed by atoms with E-state index < -0.39 is 5.41 Å². The highest BCUT2D eigenvalue weighted by atomic mass is 32.1. The average Bonchev–Trinajstić information content (AvgIpc) is 3.14. The van der Waals surface area contributed by atoms with E-state index in [0.29, 0.717) is 32.0 Å². The quantitative estimate of drug-likeness (QED) is 0.847. The van der Waals surface area contributed by atoms with Crippen molar-refractivity contribution in [3.8, 4) is 0 Å². The standard InChI is InChI=1S/C16H24N2O3S/c1-12(9-13-5-4-8-22-13)10-17-15(20)18-7-6-16(2,11-18)14(19)21-3/h4-5,8,12H,6-7,9-11H2,1-3H3,(H,17,20)/t12-,16+/m1/s1. The topological polar surface area (TPSA) is 58.6 Å². The summed E-state index contributed by atoms with van der Waals surface area (Å²) in [5.41, 5.74) is -0.575. The van der Waals surface area contributed by atoms with Crippen LogP contribution in [0.3, 0.4) is 0 Å². The predicted molar refractivity (Wildman–Crippen MR) is 86.9 cm³/mol. The summed E-state index contributed by atoms with van der Waals surface area (Å²) in [6, 6.07) is 4.07. The van der Waals surface area contributed by atoms with Gasteiger partial charge in [0.15, 0.2) is 0 Å². The van der Waals surface area contributed by atoms with Crippen LogP contribution in [0.4, 0.5) is 4.79 Å². The molecule has 2 amide bonds. The molecule has 0 aromatic carbocycles. The number of rotatable bonds is 5. The molecule has 0 radical (unpaired) electrons. The minimum absolute atomic E-state index is 0.0920. The van der Waals surface area contributed by atoms with Crippen molar-refractivity contribution in [3.63, 3.8) is 0 Å². The van der Waals surface area contributed by atoms with Crippen LogP contribution in [-0.2, 0) is 16.0 Å². The molecule has 0 spiro atoms. The van der Waals surface area contributed by atoms with Gasteiger partial charge in [-0.3, -0.25) is 4.79 Å². The van der Waals surface area contributed by atoms with Gasteiger partial charge in [0.25, 0.3) is 0 Å². The summed E-state index contributed by atoms with van der Waals surface area (Å²) in [4.78, 5) is 27.0. The Kier molecular flexibility index (Phi) is 5.45.